The number of aliphatic carboxylic acids is 1. The van der Waals surface area contributed by atoms with E-state index in [-0.39, 0.29) is 17.9 Å². The van der Waals surface area contributed by atoms with Gasteiger partial charge in [-0.3, -0.25) is 28.6 Å². The fraction of sp³-hybridized carbons (Fsp3) is 0.400. The number of aromatic nitrogens is 1. The van der Waals surface area contributed by atoms with E-state index in [9.17, 15) is 39.0 Å². The highest BCUT2D eigenvalue weighted by molar-refractivity contribution is 8.00. The summed E-state index contributed by atoms with van der Waals surface area (Å²) in [6.45, 7) is 0.807. The lowest BCUT2D eigenvalue weighted by Crippen LogP contribution is -2.81. The molecule has 35 heavy (non-hydrogen) atoms. The monoisotopic (exact) mass is 511 g/mol. The van der Waals surface area contributed by atoms with Gasteiger partial charge in [-0.2, -0.15) is 0 Å². The molecule has 2 aliphatic heterocycles. The van der Waals surface area contributed by atoms with Crippen molar-refractivity contribution in [1.82, 2.24) is 14.8 Å². The summed E-state index contributed by atoms with van der Waals surface area (Å²) in [7, 11) is 2.11. The van der Waals surface area contributed by atoms with Crippen LogP contribution in [0.5, 0.6) is 5.88 Å². The third-order valence-corrected chi connectivity index (χ3v) is 6.65. The number of fused-ring (bicyclic) bond motifs is 1. The zero-order valence-corrected chi connectivity index (χ0v) is 19.5. The zero-order valence-electron chi connectivity index (χ0n) is 18.7. The maximum Gasteiger partial charge on any atom is 0.352 e. The molecular weight excluding hydrogens is 490 g/mol. The second-order valence-electron chi connectivity index (χ2n) is 7.36. The average molecular weight is 511 g/mol. The van der Waals surface area contributed by atoms with Gasteiger partial charge in [0, 0.05) is 43.7 Å². The number of hydrogen-bond acceptors (Lipinski definition) is 11. The van der Waals surface area contributed by atoms with Crippen LogP contribution in [0.4, 0.5) is 0 Å². The third kappa shape index (κ3) is 4.46. The normalized spacial score (nSPS) is 22.0. The van der Waals surface area contributed by atoms with Gasteiger partial charge in [0.25, 0.3) is 17.5 Å². The van der Waals surface area contributed by atoms with Gasteiger partial charge < -0.3 is 29.7 Å². The van der Waals surface area contributed by atoms with Crippen LogP contribution in [0.15, 0.2) is 34.4 Å². The van der Waals surface area contributed by atoms with Crippen LogP contribution in [0.3, 0.4) is 0 Å². The van der Waals surface area contributed by atoms with E-state index < -0.39 is 63.9 Å². The first-order valence-electron chi connectivity index (χ1n) is 9.88. The van der Waals surface area contributed by atoms with Crippen molar-refractivity contribution in [2.24, 2.45) is 0 Å². The van der Waals surface area contributed by atoms with Crippen molar-refractivity contribution in [1.29, 1.82) is 0 Å². The van der Waals surface area contributed by atoms with E-state index in [1.807, 2.05) is 0 Å². The summed E-state index contributed by atoms with van der Waals surface area (Å²) in [5, 5.41) is 21.1. The van der Waals surface area contributed by atoms with E-state index in [0.29, 0.717) is 0 Å². The maximum atomic E-state index is 13.2. The standard InChI is InChI=1S/C20H21N3O11S/c1-9(24)34-7-10-8-35-19-20(33-3,18(31)23(19)13(10)16(28)29)21-15(27)14(17(30)32-2)22-5-4-11(25)6-12(22)26/h4-6,14,19,26H,7-8H2,1-3H3,(H,21,27)(H,28,29)/t14?,19-,20+/m1/s1. The number of nitrogens with zero attached hydrogens (tertiary/aromatic N) is 2. The van der Waals surface area contributed by atoms with E-state index in [4.69, 9.17) is 9.47 Å². The van der Waals surface area contributed by atoms with Crippen molar-refractivity contribution in [2.45, 2.75) is 24.1 Å². The fourth-order valence-electron chi connectivity index (χ4n) is 3.65. The average Bonchev–Trinajstić information content (AvgIpc) is 2.81. The molecule has 0 radical (unpaired) electrons. The van der Waals surface area contributed by atoms with Crippen molar-refractivity contribution >= 4 is 41.5 Å². The topological polar surface area (TPSA) is 191 Å². The van der Waals surface area contributed by atoms with Crippen LogP contribution in [0.1, 0.15) is 13.0 Å². The highest BCUT2D eigenvalue weighted by Crippen LogP contribution is 2.46. The molecule has 188 valence electrons. The molecule has 1 aromatic rings. The molecular formula is C20H21N3O11S. The Balaban J connectivity index is 1.94. The van der Waals surface area contributed by atoms with Crippen molar-refractivity contribution < 1.29 is 48.4 Å². The number of pyridine rings is 1. The molecule has 15 heteroatoms. The minimum Gasteiger partial charge on any atom is -0.494 e. The van der Waals surface area contributed by atoms with Gasteiger partial charge in [-0.05, 0) is 0 Å². The Labute approximate surface area is 201 Å². The Morgan fingerprint density at radius 3 is 2.51 bits per heavy atom. The summed E-state index contributed by atoms with van der Waals surface area (Å²) in [5.41, 5.74) is -2.89. The number of aromatic hydroxyl groups is 1. The minimum atomic E-state index is -2.06. The van der Waals surface area contributed by atoms with Gasteiger partial charge in [-0.15, -0.1) is 11.8 Å². The van der Waals surface area contributed by atoms with Gasteiger partial charge in [-0.25, -0.2) is 9.59 Å². The molecule has 0 spiro atoms. The molecule has 0 bridgehead atoms. The van der Waals surface area contributed by atoms with Gasteiger partial charge in [0.2, 0.25) is 6.04 Å². The SMILES string of the molecule is COC(=O)C(C(=O)N[C@]1(OC)C(=O)N2C(C(=O)O)=C(COC(C)=O)CS[C@@H]21)n1ccc(=O)cc1O. The van der Waals surface area contributed by atoms with Gasteiger partial charge >= 0.3 is 17.9 Å². The number of carbonyl (C=O) groups is 5. The molecule has 3 rings (SSSR count). The number of carbonyl (C=O) groups excluding carboxylic acids is 4. The molecule has 1 saturated heterocycles. The molecule has 2 amide bonds. The number of β-lactam (4-membered cyclic amide) rings is 1. The predicted octanol–water partition coefficient (Wildman–Crippen LogP) is -1.46. The second kappa shape index (κ2) is 9.79. The summed E-state index contributed by atoms with van der Waals surface area (Å²) in [6, 6.07) is -0.0782. The van der Waals surface area contributed by atoms with E-state index >= 15 is 0 Å². The number of hydrogen-bond donors (Lipinski definition) is 3. The van der Waals surface area contributed by atoms with E-state index in [1.54, 1.807) is 0 Å². The summed E-state index contributed by atoms with van der Waals surface area (Å²) in [5.74, 6) is -5.97. The van der Waals surface area contributed by atoms with Crippen LogP contribution in [-0.4, -0.2) is 87.1 Å². The van der Waals surface area contributed by atoms with Gasteiger partial charge in [0.05, 0.1) is 7.11 Å². The number of rotatable bonds is 8. The molecule has 3 atom stereocenters. The molecule has 1 fully saturated rings. The predicted molar refractivity (Wildman–Crippen MR) is 116 cm³/mol. The number of amides is 2. The largest absolute Gasteiger partial charge is 0.494 e. The number of nitrogens with one attached hydrogen (secondary N) is 1. The van der Waals surface area contributed by atoms with Crippen LogP contribution < -0.4 is 10.7 Å². The summed E-state index contributed by atoms with van der Waals surface area (Å²) >= 11 is 1.04. The zero-order chi connectivity index (χ0) is 26.1. The lowest BCUT2D eigenvalue weighted by molar-refractivity contribution is -0.193. The third-order valence-electron chi connectivity index (χ3n) is 5.28. The van der Waals surface area contributed by atoms with Gasteiger partial charge in [0.1, 0.15) is 17.7 Å². The van der Waals surface area contributed by atoms with Gasteiger partial charge in [0.15, 0.2) is 11.3 Å². The fourth-order valence-corrected chi connectivity index (χ4v) is 5.07. The Hall–Kier alpha value is -3.85. The van der Waals surface area contributed by atoms with Crippen LogP contribution in [0.25, 0.3) is 0 Å². The van der Waals surface area contributed by atoms with Crippen LogP contribution in [0, 0.1) is 0 Å². The minimum absolute atomic E-state index is 0.0330. The van der Waals surface area contributed by atoms with Crippen molar-refractivity contribution in [2.75, 3.05) is 26.6 Å². The number of esters is 2. The molecule has 2 aliphatic rings. The Bertz CT molecular complexity index is 1190. The molecule has 0 aliphatic carbocycles. The first kappa shape index (κ1) is 25.8. The number of methoxy groups -OCH3 is 2. The van der Waals surface area contributed by atoms with Crippen LogP contribution in [0.2, 0.25) is 0 Å². The smallest absolute Gasteiger partial charge is 0.352 e. The van der Waals surface area contributed by atoms with Crippen molar-refractivity contribution in [3.8, 4) is 5.88 Å². The Morgan fingerprint density at radius 2 is 1.97 bits per heavy atom. The van der Waals surface area contributed by atoms with E-state index in [2.05, 4.69) is 10.1 Å². The lowest BCUT2D eigenvalue weighted by Gasteiger charge is -2.55. The summed E-state index contributed by atoms with van der Waals surface area (Å²) < 4.78 is 15.6. The van der Waals surface area contributed by atoms with E-state index in [0.717, 1.165) is 60.7 Å². The molecule has 14 nitrogen and oxygen atoms in total. The molecule has 1 aromatic heterocycles. The molecule has 3 N–H and O–H groups in total. The molecule has 0 aromatic carbocycles. The summed E-state index contributed by atoms with van der Waals surface area (Å²) in [6.07, 6.45) is 0.995. The highest BCUT2D eigenvalue weighted by Gasteiger charge is 2.67. The van der Waals surface area contributed by atoms with Crippen LogP contribution >= 0.6 is 11.8 Å². The second-order valence-corrected chi connectivity index (χ2v) is 8.43. The van der Waals surface area contributed by atoms with Gasteiger partial charge in [-0.1, -0.05) is 0 Å². The first-order valence-corrected chi connectivity index (χ1v) is 10.9. The summed E-state index contributed by atoms with van der Waals surface area (Å²) in [4.78, 5) is 74.1. The van der Waals surface area contributed by atoms with E-state index in [1.165, 1.54) is 0 Å². The van der Waals surface area contributed by atoms with Crippen LogP contribution in [-0.2, 0) is 38.2 Å². The number of ether oxygens (including phenoxy) is 3. The quantitative estimate of drug-likeness (QED) is 0.159. The highest BCUT2D eigenvalue weighted by atomic mass is 32.2. The molecule has 0 saturated carbocycles. The molecule has 1 unspecified atom stereocenters. The molecule has 3 heterocycles. The van der Waals surface area contributed by atoms with Crippen molar-refractivity contribution in [3.63, 3.8) is 0 Å². The van der Waals surface area contributed by atoms with Crippen molar-refractivity contribution in [3.05, 3.63) is 39.8 Å². The maximum absolute atomic E-state index is 13.2. The Kier molecular flexibility index (Phi) is 7.21. The number of carboxylic acid groups (broad SMARTS) is 1. The number of carboxylic acids is 1. The lowest BCUT2D eigenvalue weighted by atomic mass is 9.97. The number of thioether (sulfide) groups is 1. The first-order chi connectivity index (χ1) is 16.5. The Morgan fingerprint density at radius 1 is 1.29 bits per heavy atom.